The van der Waals surface area contributed by atoms with Crippen molar-refractivity contribution in [2.75, 3.05) is 13.1 Å². The van der Waals surface area contributed by atoms with Gasteiger partial charge in [0.1, 0.15) is 12.2 Å². The predicted molar refractivity (Wildman–Crippen MR) is 74.1 cm³/mol. The Labute approximate surface area is 110 Å². The van der Waals surface area contributed by atoms with E-state index in [-0.39, 0.29) is 5.54 Å². The van der Waals surface area contributed by atoms with Crippen molar-refractivity contribution in [3.8, 4) is 0 Å². The average molecular weight is 253 g/mol. The molecular weight excluding hydrogens is 226 g/mol. The van der Waals surface area contributed by atoms with Crippen LogP contribution in [0, 0.1) is 0 Å². The van der Waals surface area contributed by atoms with Gasteiger partial charge in [0, 0.05) is 18.6 Å². The Hall–Kier alpha value is -0.940. The van der Waals surface area contributed by atoms with Crippen LogP contribution in [0.2, 0.25) is 0 Å². The van der Waals surface area contributed by atoms with Crippen molar-refractivity contribution >= 4 is 0 Å². The topological polar surface area (TPSA) is 60.0 Å². The van der Waals surface area contributed by atoms with E-state index in [4.69, 9.17) is 5.73 Å². The first kappa shape index (κ1) is 15.1. The molecule has 18 heavy (non-hydrogen) atoms. The fourth-order valence-electron chi connectivity index (χ4n) is 2.16. The third-order valence-corrected chi connectivity index (χ3v) is 3.81. The lowest BCUT2D eigenvalue weighted by molar-refractivity contribution is 0.0991. The van der Waals surface area contributed by atoms with Crippen LogP contribution in [0.15, 0.2) is 6.33 Å². The molecule has 0 saturated heterocycles. The van der Waals surface area contributed by atoms with Crippen molar-refractivity contribution in [3.63, 3.8) is 0 Å². The van der Waals surface area contributed by atoms with Crippen LogP contribution in [0.4, 0.5) is 0 Å². The highest BCUT2D eigenvalue weighted by Crippen LogP contribution is 2.20. The van der Waals surface area contributed by atoms with Gasteiger partial charge >= 0.3 is 0 Å². The Morgan fingerprint density at radius 2 is 2.11 bits per heavy atom. The van der Waals surface area contributed by atoms with Crippen LogP contribution in [-0.2, 0) is 13.1 Å². The molecule has 0 radical (unpaired) electrons. The van der Waals surface area contributed by atoms with E-state index in [0.29, 0.717) is 6.54 Å². The molecule has 2 N–H and O–H groups in total. The molecule has 0 spiro atoms. The maximum absolute atomic E-state index is 5.94. The SMILES string of the molecule is CCCn1ncnc1CN(CC)C(C)(CC)CN. The van der Waals surface area contributed by atoms with Gasteiger partial charge in [-0.3, -0.25) is 4.90 Å². The molecule has 0 fully saturated rings. The molecule has 0 amide bonds. The number of hydrogen-bond donors (Lipinski definition) is 1. The molecule has 0 aromatic carbocycles. The molecule has 0 aliphatic carbocycles. The summed E-state index contributed by atoms with van der Waals surface area (Å²) in [6.45, 7) is 12.1. The molecule has 0 saturated carbocycles. The van der Waals surface area contributed by atoms with Crippen LogP contribution < -0.4 is 5.73 Å². The molecule has 1 aromatic heterocycles. The van der Waals surface area contributed by atoms with E-state index in [1.54, 1.807) is 6.33 Å². The van der Waals surface area contributed by atoms with Crippen LogP contribution in [0.1, 0.15) is 46.4 Å². The standard InChI is InChI=1S/C13H27N5/c1-5-8-18-12(15-11-16-18)9-17(7-3)13(4,6-2)10-14/h11H,5-10,14H2,1-4H3. The molecular formula is C13H27N5. The predicted octanol–water partition coefficient (Wildman–Crippen LogP) is 1.64. The summed E-state index contributed by atoms with van der Waals surface area (Å²) < 4.78 is 2.00. The Balaban J connectivity index is 2.82. The van der Waals surface area contributed by atoms with Crippen LogP contribution >= 0.6 is 0 Å². The first-order chi connectivity index (χ1) is 8.61. The molecule has 0 aliphatic heterocycles. The monoisotopic (exact) mass is 253 g/mol. The van der Waals surface area contributed by atoms with Crippen LogP contribution in [0.3, 0.4) is 0 Å². The van der Waals surface area contributed by atoms with Crippen molar-refractivity contribution in [3.05, 3.63) is 12.2 Å². The third-order valence-electron chi connectivity index (χ3n) is 3.81. The van der Waals surface area contributed by atoms with E-state index in [9.17, 15) is 0 Å². The molecule has 5 nitrogen and oxygen atoms in total. The highest BCUT2D eigenvalue weighted by Gasteiger charge is 2.28. The average Bonchev–Trinajstić information content (AvgIpc) is 2.83. The molecule has 0 aliphatic rings. The molecule has 5 heteroatoms. The molecule has 1 rings (SSSR count). The maximum Gasteiger partial charge on any atom is 0.141 e. The van der Waals surface area contributed by atoms with E-state index >= 15 is 0 Å². The van der Waals surface area contributed by atoms with Crippen molar-refractivity contribution in [1.82, 2.24) is 19.7 Å². The minimum Gasteiger partial charge on any atom is -0.329 e. The number of nitrogens with zero attached hydrogens (tertiary/aromatic N) is 4. The Bertz CT molecular complexity index is 343. The fourth-order valence-corrected chi connectivity index (χ4v) is 2.16. The minimum absolute atomic E-state index is 0.0394. The normalized spacial score (nSPS) is 15.0. The molecule has 0 bridgehead atoms. The minimum atomic E-state index is 0.0394. The van der Waals surface area contributed by atoms with E-state index in [1.165, 1.54) is 0 Å². The van der Waals surface area contributed by atoms with Gasteiger partial charge in [-0.1, -0.05) is 20.8 Å². The van der Waals surface area contributed by atoms with Crippen LogP contribution in [-0.4, -0.2) is 38.3 Å². The van der Waals surface area contributed by atoms with E-state index in [0.717, 1.165) is 38.3 Å². The number of aromatic nitrogens is 3. The second-order valence-electron chi connectivity index (χ2n) is 4.97. The van der Waals surface area contributed by atoms with Gasteiger partial charge in [0.2, 0.25) is 0 Å². The zero-order chi connectivity index (χ0) is 13.6. The summed E-state index contributed by atoms with van der Waals surface area (Å²) >= 11 is 0. The van der Waals surface area contributed by atoms with E-state index in [1.807, 2.05) is 4.68 Å². The number of rotatable bonds is 8. The summed E-state index contributed by atoms with van der Waals surface area (Å²) in [5.74, 6) is 1.03. The van der Waals surface area contributed by atoms with Gasteiger partial charge in [-0.25, -0.2) is 9.67 Å². The summed E-state index contributed by atoms with van der Waals surface area (Å²) in [5, 5.41) is 4.27. The molecule has 1 heterocycles. The van der Waals surface area contributed by atoms with Gasteiger partial charge in [0.25, 0.3) is 0 Å². The molecule has 1 aromatic rings. The fraction of sp³-hybridized carbons (Fsp3) is 0.846. The highest BCUT2D eigenvalue weighted by molar-refractivity contribution is 4.92. The second kappa shape index (κ2) is 6.85. The van der Waals surface area contributed by atoms with Crippen molar-refractivity contribution in [2.24, 2.45) is 5.73 Å². The van der Waals surface area contributed by atoms with Crippen molar-refractivity contribution in [1.29, 1.82) is 0 Å². The Morgan fingerprint density at radius 1 is 1.39 bits per heavy atom. The molecule has 1 unspecified atom stereocenters. The van der Waals surface area contributed by atoms with Crippen LogP contribution in [0.25, 0.3) is 0 Å². The summed E-state index contributed by atoms with van der Waals surface area (Å²) in [7, 11) is 0. The zero-order valence-corrected chi connectivity index (χ0v) is 12.2. The maximum atomic E-state index is 5.94. The second-order valence-corrected chi connectivity index (χ2v) is 4.97. The number of nitrogens with two attached hydrogens (primary N) is 1. The lowest BCUT2D eigenvalue weighted by Crippen LogP contribution is -2.51. The zero-order valence-electron chi connectivity index (χ0n) is 12.2. The van der Waals surface area contributed by atoms with Crippen LogP contribution in [0.5, 0.6) is 0 Å². The summed E-state index contributed by atoms with van der Waals surface area (Å²) in [4.78, 5) is 6.77. The highest BCUT2D eigenvalue weighted by atomic mass is 15.4. The van der Waals surface area contributed by atoms with Gasteiger partial charge < -0.3 is 5.73 Å². The van der Waals surface area contributed by atoms with Gasteiger partial charge in [0.15, 0.2) is 0 Å². The number of hydrogen-bond acceptors (Lipinski definition) is 4. The van der Waals surface area contributed by atoms with Gasteiger partial charge in [0.05, 0.1) is 6.54 Å². The first-order valence-corrected chi connectivity index (χ1v) is 6.93. The summed E-state index contributed by atoms with van der Waals surface area (Å²) in [6.07, 6.45) is 3.76. The quantitative estimate of drug-likeness (QED) is 0.765. The largest absolute Gasteiger partial charge is 0.329 e. The third kappa shape index (κ3) is 3.29. The lowest BCUT2D eigenvalue weighted by atomic mass is 9.96. The molecule has 104 valence electrons. The summed E-state index contributed by atoms with van der Waals surface area (Å²) in [5.41, 5.74) is 5.97. The van der Waals surface area contributed by atoms with Gasteiger partial charge in [-0.2, -0.15) is 5.10 Å². The Kier molecular flexibility index (Phi) is 5.75. The number of likely N-dealkylation sites (N-methyl/N-ethyl adjacent to an activating group) is 1. The lowest BCUT2D eigenvalue weighted by Gasteiger charge is -2.39. The summed E-state index contributed by atoms with van der Waals surface area (Å²) in [6, 6.07) is 0. The number of aryl methyl sites for hydroxylation is 1. The molecule has 1 atom stereocenters. The van der Waals surface area contributed by atoms with Gasteiger partial charge in [-0.15, -0.1) is 0 Å². The van der Waals surface area contributed by atoms with Gasteiger partial charge in [-0.05, 0) is 26.3 Å². The van der Waals surface area contributed by atoms with Crippen molar-refractivity contribution < 1.29 is 0 Å². The van der Waals surface area contributed by atoms with Crippen molar-refractivity contribution in [2.45, 2.75) is 59.2 Å². The smallest absolute Gasteiger partial charge is 0.141 e. The van der Waals surface area contributed by atoms with E-state index in [2.05, 4.69) is 42.7 Å². The van der Waals surface area contributed by atoms with E-state index < -0.39 is 0 Å². The Morgan fingerprint density at radius 3 is 2.61 bits per heavy atom. The first-order valence-electron chi connectivity index (χ1n) is 6.93.